The molecule has 0 fully saturated rings. The highest BCUT2D eigenvalue weighted by Gasteiger charge is 2.24. The van der Waals surface area contributed by atoms with Crippen LogP contribution in [-0.2, 0) is 4.84 Å². The highest BCUT2D eigenvalue weighted by Crippen LogP contribution is 2.32. The Kier molecular flexibility index (Phi) is 6.97. The van der Waals surface area contributed by atoms with Crippen LogP contribution in [0.1, 0.15) is 24.5 Å². The van der Waals surface area contributed by atoms with Crippen molar-refractivity contribution in [3.05, 3.63) is 58.4 Å². The molecule has 4 nitrogen and oxygen atoms in total. The van der Waals surface area contributed by atoms with Gasteiger partial charge in [-0.25, -0.2) is 9.38 Å². The Hall–Kier alpha value is -2.05. The molecule has 2 aromatic rings. The van der Waals surface area contributed by atoms with E-state index in [2.05, 4.69) is 17.1 Å². The first-order valence-electron chi connectivity index (χ1n) is 9.13. The standard InChI is InChI=1S/C21H23ClFN3OS/c1-4-26(3)13-24-20-9-14(2)16(11-17(20)22)19-10-15(27-25-19)12-28-21-8-6-5-7-18(21)23/h5-9,11,13,15H,4,10,12H2,1-3H3. The van der Waals surface area contributed by atoms with E-state index in [0.29, 0.717) is 22.1 Å². The van der Waals surface area contributed by atoms with Crippen molar-refractivity contribution in [1.29, 1.82) is 0 Å². The van der Waals surface area contributed by atoms with Crippen LogP contribution in [-0.4, -0.2) is 42.4 Å². The smallest absolute Gasteiger partial charge is 0.142 e. The van der Waals surface area contributed by atoms with Crippen LogP contribution in [0.3, 0.4) is 0 Å². The predicted molar refractivity (Wildman–Crippen MR) is 116 cm³/mol. The van der Waals surface area contributed by atoms with Crippen molar-refractivity contribution >= 4 is 41.1 Å². The van der Waals surface area contributed by atoms with Crippen LogP contribution in [0.5, 0.6) is 0 Å². The summed E-state index contributed by atoms with van der Waals surface area (Å²) in [4.78, 5) is 12.6. The molecule has 0 bridgehead atoms. The number of aryl methyl sites for hydroxylation is 1. The molecular formula is C21H23ClFN3OS. The lowest BCUT2D eigenvalue weighted by atomic mass is 10.00. The first-order valence-corrected chi connectivity index (χ1v) is 10.5. The summed E-state index contributed by atoms with van der Waals surface area (Å²) in [7, 11) is 1.96. The lowest BCUT2D eigenvalue weighted by Gasteiger charge is -2.11. The zero-order valence-corrected chi connectivity index (χ0v) is 17.7. The van der Waals surface area contributed by atoms with Crippen LogP contribution in [0.25, 0.3) is 0 Å². The third-order valence-electron chi connectivity index (χ3n) is 4.49. The summed E-state index contributed by atoms with van der Waals surface area (Å²) in [6.45, 7) is 4.94. The van der Waals surface area contributed by atoms with Gasteiger partial charge in [-0.3, -0.25) is 0 Å². The Morgan fingerprint density at radius 3 is 2.93 bits per heavy atom. The normalized spacial score (nSPS) is 16.3. The zero-order valence-electron chi connectivity index (χ0n) is 16.2. The Morgan fingerprint density at radius 2 is 2.18 bits per heavy atom. The van der Waals surface area contributed by atoms with Crippen molar-refractivity contribution in [2.45, 2.75) is 31.3 Å². The van der Waals surface area contributed by atoms with E-state index in [9.17, 15) is 4.39 Å². The van der Waals surface area contributed by atoms with Crippen LogP contribution in [0.2, 0.25) is 5.02 Å². The van der Waals surface area contributed by atoms with Crippen molar-refractivity contribution in [3.63, 3.8) is 0 Å². The number of hydrogen-bond donors (Lipinski definition) is 0. The lowest BCUT2D eigenvalue weighted by molar-refractivity contribution is 0.103. The lowest BCUT2D eigenvalue weighted by Crippen LogP contribution is -2.14. The molecule has 1 unspecified atom stereocenters. The van der Waals surface area contributed by atoms with Crippen LogP contribution in [0.15, 0.2) is 51.4 Å². The van der Waals surface area contributed by atoms with E-state index >= 15 is 0 Å². The molecule has 2 aromatic carbocycles. The second kappa shape index (κ2) is 9.43. The van der Waals surface area contributed by atoms with Gasteiger partial charge in [-0.2, -0.15) is 0 Å². The molecule has 1 heterocycles. The number of halogens is 2. The zero-order chi connectivity index (χ0) is 20.1. The van der Waals surface area contributed by atoms with E-state index < -0.39 is 0 Å². The molecule has 7 heteroatoms. The molecule has 0 N–H and O–H groups in total. The van der Waals surface area contributed by atoms with Crippen molar-refractivity contribution in [3.8, 4) is 0 Å². The average Bonchev–Trinajstić information content (AvgIpc) is 3.16. The molecule has 1 aliphatic rings. The Morgan fingerprint density at radius 1 is 1.39 bits per heavy atom. The molecule has 1 aliphatic heterocycles. The summed E-state index contributed by atoms with van der Waals surface area (Å²) >= 11 is 7.87. The fourth-order valence-electron chi connectivity index (χ4n) is 2.74. The van der Waals surface area contributed by atoms with Gasteiger partial charge in [-0.15, -0.1) is 11.8 Å². The first-order chi connectivity index (χ1) is 13.5. The van der Waals surface area contributed by atoms with E-state index in [0.717, 1.165) is 29.1 Å². The largest absolute Gasteiger partial charge is 0.391 e. The van der Waals surface area contributed by atoms with Crippen molar-refractivity contribution in [2.75, 3.05) is 19.3 Å². The summed E-state index contributed by atoms with van der Waals surface area (Å²) in [5.41, 5.74) is 3.60. The maximum Gasteiger partial charge on any atom is 0.142 e. The van der Waals surface area contributed by atoms with E-state index in [1.165, 1.54) is 17.8 Å². The van der Waals surface area contributed by atoms with Gasteiger partial charge >= 0.3 is 0 Å². The summed E-state index contributed by atoms with van der Waals surface area (Å²) in [5, 5.41) is 4.82. The molecule has 0 spiro atoms. The van der Waals surface area contributed by atoms with Gasteiger partial charge in [0.25, 0.3) is 0 Å². The summed E-state index contributed by atoms with van der Waals surface area (Å²) < 4.78 is 13.8. The molecule has 0 saturated carbocycles. The number of hydrogen-bond acceptors (Lipinski definition) is 4. The van der Waals surface area contributed by atoms with E-state index in [4.69, 9.17) is 16.4 Å². The number of benzene rings is 2. The Balaban J connectivity index is 1.65. The number of oxime groups is 1. The maximum atomic E-state index is 13.8. The van der Waals surface area contributed by atoms with Crippen LogP contribution >= 0.6 is 23.4 Å². The molecule has 0 radical (unpaired) electrons. The second-order valence-electron chi connectivity index (χ2n) is 6.65. The van der Waals surface area contributed by atoms with Gasteiger partial charge in [0, 0.05) is 36.2 Å². The summed E-state index contributed by atoms with van der Waals surface area (Å²) in [6, 6.07) is 10.6. The maximum absolute atomic E-state index is 13.8. The van der Waals surface area contributed by atoms with Gasteiger partial charge in [0.1, 0.15) is 11.9 Å². The predicted octanol–water partition coefficient (Wildman–Crippen LogP) is 5.68. The molecular weight excluding hydrogens is 397 g/mol. The minimum absolute atomic E-state index is 0.0892. The number of nitrogens with zero attached hydrogens (tertiary/aromatic N) is 3. The van der Waals surface area contributed by atoms with Crippen LogP contribution in [0, 0.1) is 12.7 Å². The van der Waals surface area contributed by atoms with Gasteiger partial charge in [0.2, 0.25) is 0 Å². The van der Waals surface area contributed by atoms with Crippen LogP contribution < -0.4 is 0 Å². The molecule has 0 amide bonds. The third-order valence-corrected chi connectivity index (χ3v) is 5.98. The Bertz CT molecular complexity index is 903. The van der Waals surface area contributed by atoms with Crippen molar-refractivity contribution < 1.29 is 9.23 Å². The highest BCUT2D eigenvalue weighted by atomic mass is 35.5. The van der Waals surface area contributed by atoms with E-state index in [-0.39, 0.29) is 11.9 Å². The average molecular weight is 420 g/mol. The molecule has 1 atom stereocenters. The van der Waals surface area contributed by atoms with Gasteiger partial charge in [0.05, 0.1) is 22.8 Å². The van der Waals surface area contributed by atoms with E-state index in [1.807, 2.05) is 37.1 Å². The van der Waals surface area contributed by atoms with E-state index in [1.54, 1.807) is 18.5 Å². The van der Waals surface area contributed by atoms with Gasteiger partial charge in [0.15, 0.2) is 0 Å². The number of aliphatic imine (C=N–C) groups is 1. The quantitative estimate of drug-likeness (QED) is 0.329. The van der Waals surface area contributed by atoms with Gasteiger partial charge < -0.3 is 9.74 Å². The molecule has 148 valence electrons. The summed E-state index contributed by atoms with van der Waals surface area (Å²) in [6.07, 6.45) is 2.35. The van der Waals surface area contributed by atoms with Crippen LogP contribution in [0.4, 0.5) is 10.1 Å². The number of thioether (sulfide) groups is 1. The molecule has 0 saturated heterocycles. The molecule has 28 heavy (non-hydrogen) atoms. The molecule has 0 aromatic heterocycles. The van der Waals surface area contributed by atoms with Crippen molar-refractivity contribution in [1.82, 2.24) is 4.90 Å². The fourth-order valence-corrected chi connectivity index (χ4v) is 3.88. The van der Waals surface area contributed by atoms with Crippen molar-refractivity contribution in [2.24, 2.45) is 10.1 Å². The third kappa shape index (κ3) is 5.06. The summed E-state index contributed by atoms with van der Waals surface area (Å²) in [5.74, 6) is 0.422. The fraction of sp³-hybridized carbons (Fsp3) is 0.333. The first kappa shape index (κ1) is 20.7. The van der Waals surface area contributed by atoms with Gasteiger partial charge in [-0.1, -0.05) is 28.9 Å². The minimum Gasteiger partial charge on any atom is -0.391 e. The highest BCUT2D eigenvalue weighted by molar-refractivity contribution is 7.99. The molecule has 3 rings (SSSR count). The SMILES string of the molecule is CCN(C)C=Nc1cc(C)c(C2=NOC(CSc3ccccc3F)C2)cc1Cl. The minimum atomic E-state index is -0.209. The van der Waals surface area contributed by atoms with Gasteiger partial charge in [-0.05, 0) is 43.7 Å². The Labute approximate surface area is 174 Å². The molecule has 0 aliphatic carbocycles. The second-order valence-corrected chi connectivity index (χ2v) is 8.12. The monoisotopic (exact) mass is 419 g/mol. The topological polar surface area (TPSA) is 37.2 Å². The number of rotatable bonds is 7.